The summed E-state index contributed by atoms with van der Waals surface area (Å²) >= 11 is 0. The third-order valence-corrected chi connectivity index (χ3v) is 3.22. The maximum absolute atomic E-state index is 4.62. The number of rotatable bonds is 3. The summed E-state index contributed by atoms with van der Waals surface area (Å²) in [5.41, 5.74) is 1.15. The zero-order chi connectivity index (χ0) is 10.5. The number of hydrogen-bond donors (Lipinski definition) is 1. The fraction of sp³-hybridized carbons (Fsp3) is 0.750. The first-order valence-corrected chi connectivity index (χ1v) is 6.09. The van der Waals surface area contributed by atoms with Crippen molar-refractivity contribution in [2.75, 3.05) is 7.05 Å². The molecule has 0 amide bonds. The monoisotopic (exact) mass is 207 g/mol. The minimum absolute atomic E-state index is 0.651. The van der Waals surface area contributed by atoms with Gasteiger partial charge in [0.05, 0.1) is 11.7 Å². The summed E-state index contributed by atoms with van der Waals surface area (Å²) in [6.07, 6.45) is 10.3. The molecular weight excluding hydrogens is 186 g/mol. The van der Waals surface area contributed by atoms with Crippen LogP contribution >= 0.6 is 0 Å². The molecule has 0 aromatic carbocycles. The van der Waals surface area contributed by atoms with Crippen LogP contribution in [-0.4, -0.2) is 16.8 Å². The average molecular weight is 207 g/mol. The van der Waals surface area contributed by atoms with Gasteiger partial charge in [0.25, 0.3) is 0 Å². The van der Waals surface area contributed by atoms with Gasteiger partial charge in [-0.05, 0) is 26.0 Å². The predicted octanol–water partition coefficient (Wildman–Crippen LogP) is 2.50. The molecule has 0 aliphatic heterocycles. The van der Waals surface area contributed by atoms with Gasteiger partial charge in [0.2, 0.25) is 0 Å². The van der Waals surface area contributed by atoms with E-state index in [4.69, 9.17) is 0 Å². The van der Waals surface area contributed by atoms with Crippen molar-refractivity contribution in [1.29, 1.82) is 0 Å². The second-order valence-electron chi connectivity index (χ2n) is 4.46. The number of aromatic nitrogens is 2. The lowest BCUT2D eigenvalue weighted by molar-refractivity contribution is 0.402. The molecule has 0 saturated heterocycles. The molecule has 3 nitrogen and oxygen atoms in total. The summed E-state index contributed by atoms with van der Waals surface area (Å²) in [4.78, 5) is 0. The molecule has 1 heterocycles. The summed E-state index contributed by atoms with van der Waals surface area (Å²) in [7, 11) is 1.96. The molecule has 1 aliphatic carbocycles. The van der Waals surface area contributed by atoms with Gasteiger partial charge in [-0.1, -0.05) is 25.7 Å². The Morgan fingerprint density at radius 1 is 1.33 bits per heavy atom. The summed E-state index contributed by atoms with van der Waals surface area (Å²) in [6.45, 7) is 0.875. The lowest BCUT2D eigenvalue weighted by atomic mass is 10.1. The molecular formula is C12H21N3. The van der Waals surface area contributed by atoms with Gasteiger partial charge < -0.3 is 5.32 Å². The molecule has 1 aromatic rings. The first-order valence-electron chi connectivity index (χ1n) is 6.09. The molecule has 2 rings (SSSR count). The quantitative estimate of drug-likeness (QED) is 0.772. The third kappa shape index (κ3) is 2.81. The highest BCUT2D eigenvalue weighted by Crippen LogP contribution is 2.26. The highest BCUT2D eigenvalue weighted by atomic mass is 15.3. The van der Waals surface area contributed by atoms with Crippen molar-refractivity contribution < 1.29 is 0 Å². The maximum Gasteiger partial charge on any atom is 0.0762 e. The molecule has 15 heavy (non-hydrogen) atoms. The Kier molecular flexibility index (Phi) is 3.78. The van der Waals surface area contributed by atoms with E-state index in [9.17, 15) is 0 Å². The van der Waals surface area contributed by atoms with Crippen molar-refractivity contribution in [1.82, 2.24) is 15.1 Å². The Labute approximate surface area is 91.9 Å². The standard InChI is InChI=1S/C12H21N3/c1-13-10-11-8-9-15(14-11)12-6-4-2-3-5-7-12/h8-9,12-13H,2-7,10H2,1H3. The zero-order valence-electron chi connectivity index (χ0n) is 9.58. The molecule has 0 radical (unpaired) electrons. The van der Waals surface area contributed by atoms with Gasteiger partial charge in [-0.15, -0.1) is 0 Å². The second-order valence-corrected chi connectivity index (χ2v) is 4.46. The highest BCUT2D eigenvalue weighted by molar-refractivity contribution is 4.99. The fourth-order valence-electron chi connectivity index (χ4n) is 2.38. The minimum Gasteiger partial charge on any atom is -0.314 e. The zero-order valence-corrected chi connectivity index (χ0v) is 9.58. The molecule has 0 atom stereocenters. The molecule has 1 aromatic heterocycles. The van der Waals surface area contributed by atoms with Gasteiger partial charge in [0, 0.05) is 12.7 Å². The van der Waals surface area contributed by atoms with E-state index in [0.29, 0.717) is 6.04 Å². The Morgan fingerprint density at radius 2 is 2.07 bits per heavy atom. The van der Waals surface area contributed by atoms with Gasteiger partial charge in [-0.25, -0.2) is 0 Å². The van der Waals surface area contributed by atoms with Crippen molar-refractivity contribution >= 4 is 0 Å². The number of nitrogens with one attached hydrogen (secondary N) is 1. The van der Waals surface area contributed by atoms with Crippen LogP contribution in [0.25, 0.3) is 0 Å². The lowest BCUT2D eigenvalue weighted by Gasteiger charge is -2.14. The van der Waals surface area contributed by atoms with Crippen molar-refractivity contribution in [2.45, 2.75) is 51.1 Å². The van der Waals surface area contributed by atoms with Crippen LogP contribution in [0.3, 0.4) is 0 Å². The van der Waals surface area contributed by atoms with E-state index in [2.05, 4.69) is 27.4 Å². The molecule has 1 N–H and O–H groups in total. The predicted molar refractivity (Wildman–Crippen MR) is 61.7 cm³/mol. The van der Waals surface area contributed by atoms with E-state index in [-0.39, 0.29) is 0 Å². The summed E-state index contributed by atoms with van der Waals surface area (Å²) in [6, 6.07) is 2.78. The van der Waals surface area contributed by atoms with Crippen LogP contribution in [0.5, 0.6) is 0 Å². The average Bonchev–Trinajstić information content (AvgIpc) is 2.53. The van der Waals surface area contributed by atoms with E-state index in [1.807, 2.05) is 7.05 Å². The lowest BCUT2D eigenvalue weighted by Crippen LogP contribution is -2.11. The Bertz CT molecular complexity index is 285. The molecule has 1 fully saturated rings. The minimum atomic E-state index is 0.651. The first kappa shape index (κ1) is 10.7. The summed E-state index contributed by atoms with van der Waals surface area (Å²) in [5, 5.41) is 7.76. The van der Waals surface area contributed by atoms with E-state index in [0.717, 1.165) is 12.2 Å². The molecule has 0 bridgehead atoms. The molecule has 84 valence electrons. The van der Waals surface area contributed by atoms with E-state index < -0.39 is 0 Å². The highest BCUT2D eigenvalue weighted by Gasteiger charge is 2.14. The van der Waals surface area contributed by atoms with Crippen LogP contribution in [0.2, 0.25) is 0 Å². The normalized spacial score (nSPS) is 19.0. The van der Waals surface area contributed by atoms with Gasteiger partial charge in [-0.2, -0.15) is 5.10 Å². The molecule has 3 heteroatoms. The van der Waals surface area contributed by atoms with E-state index >= 15 is 0 Å². The van der Waals surface area contributed by atoms with Gasteiger partial charge in [0.15, 0.2) is 0 Å². The summed E-state index contributed by atoms with van der Waals surface area (Å²) in [5.74, 6) is 0. The molecule has 0 unspecified atom stereocenters. The molecule has 0 spiro atoms. The molecule has 1 saturated carbocycles. The van der Waals surface area contributed by atoms with Crippen LogP contribution in [0.15, 0.2) is 12.3 Å². The third-order valence-electron chi connectivity index (χ3n) is 3.22. The van der Waals surface area contributed by atoms with Crippen molar-refractivity contribution in [3.05, 3.63) is 18.0 Å². The maximum atomic E-state index is 4.62. The fourth-order valence-corrected chi connectivity index (χ4v) is 2.38. The SMILES string of the molecule is CNCc1ccn(C2CCCCCC2)n1. The van der Waals surface area contributed by atoms with Crippen molar-refractivity contribution in [3.63, 3.8) is 0 Å². The van der Waals surface area contributed by atoms with Crippen LogP contribution in [0, 0.1) is 0 Å². The van der Waals surface area contributed by atoms with Crippen molar-refractivity contribution in [2.24, 2.45) is 0 Å². The number of nitrogens with zero attached hydrogens (tertiary/aromatic N) is 2. The first-order chi connectivity index (χ1) is 7.40. The van der Waals surface area contributed by atoms with Crippen molar-refractivity contribution in [3.8, 4) is 0 Å². The largest absolute Gasteiger partial charge is 0.314 e. The second kappa shape index (κ2) is 5.31. The summed E-state index contributed by atoms with van der Waals surface area (Å²) < 4.78 is 2.18. The molecule has 1 aliphatic rings. The van der Waals surface area contributed by atoms with Crippen LogP contribution in [0.4, 0.5) is 0 Å². The van der Waals surface area contributed by atoms with Crippen LogP contribution in [-0.2, 0) is 6.54 Å². The van der Waals surface area contributed by atoms with E-state index in [1.54, 1.807) is 0 Å². The van der Waals surface area contributed by atoms with Gasteiger partial charge >= 0.3 is 0 Å². The Balaban J connectivity index is 2.00. The Hall–Kier alpha value is -0.830. The van der Waals surface area contributed by atoms with Gasteiger partial charge in [-0.3, -0.25) is 4.68 Å². The van der Waals surface area contributed by atoms with Gasteiger partial charge in [0.1, 0.15) is 0 Å². The topological polar surface area (TPSA) is 29.9 Å². The van der Waals surface area contributed by atoms with Crippen LogP contribution < -0.4 is 5.32 Å². The Morgan fingerprint density at radius 3 is 2.73 bits per heavy atom. The van der Waals surface area contributed by atoms with E-state index in [1.165, 1.54) is 38.5 Å². The smallest absolute Gasteiger partial charge is 0.0762 e. The van der Waals surface area contributed by atoms with Crippen LogP contribution in [0.1, 0.15) is 50.3 Å². The number of hydrogen-bond acceptors (Lipinski definition) is 2.